The highest BCUT2D eigenvalue weighted by atomic mass is 16.7. The number of phenolic OH excluding ortho intramolecular Hbond substituents is 3. The molecule has 0 radical (unpaired) electrons. The SMILES string of the molecule is COc1cc(O)c2c(=O)c(O[C@@H]3O[C@H](C)[C@H](O)[C@@H](O)[C@H]3O)c(-c3ccc(O)c(O)c3)oc2c1. The molecule has 11 nitrogen and oxygen atoms in total. The zero-order chi connectivity index (χ0) is 24.0. The number of benzene rings is 2. The second-order valence-electron chi connectivity index (χ2n) is 7.61. The van der Waals surface area contributed by atoms with Crippen molar-refractivity contribution in [3.05, 3.63) is 40.6 Å². The van der Waals surface area contributed by atoms with Crippen LogP contribution in [0.15, 0.2) is 39.5 Å². The maximum Gasteiger partial charge on any atom is 0.239 e. The first-order valence-electron chi connectivity index (χ1n) is 9.88. The van der Waals surface area contributed by atoms with Gasteiger partial charge in [0.15, 0.2) is 17.3 Å². The summed E-state index contributed by atoms with van der Waals surface area (Å²) < 4.78 is 22.0. The number of phenols is 3. The van der Waals surface area contributed by atoms with Crippen LogP contribution < -0.4 is 14.9 Å². The second-order valence-corrected chi connectivity index (χ2v) is 7.61. The zero-order valence-corrected chi connectivity index (χ0v) is 17.5. The van der Waals surface area contributed by atoms with Crippen LogP contribution >= 0.6 is 0 Å². The van der Waals surface area contributed by atoms with Gasteiger partial charge in [0.25, 0.3) is 0 Å². The van der Waals surface area contributed by atoms with Crippen molar-refractivity contribution >= 4 is 11.0 Å². The van der Waals surface area contributed by atoms with Crippen molar-refractivity contribution in [3.8, 4) is 40.1 Å². The molecule has 0 bridgehead atoms. The maximum atomic E-state index is 13.4. The summed E-state index contributed by atoms with van der Waals surface area (Å²) in [4.78, 5) is 13.4. The van der Waals surface area contributed by atoms with E-state index in [0.717, 1.165) is 12.1 Å². The first-order chi connectivity index (χ1) is 15.6. The first-order valence-corrected chi connectivity index (χ1v) is 9.88. The fraction of sp³-hybridized carbons (Fsp3) is 0.318. The van der Waals surface area contributed by atoms with E-state index in [1.54, 1.807) is 0 Å². The lowest BCUT2D eigenvalue weighted by Crippen LogP contribution is -2.58. The Morgan fingerprint density at radius 2 is 1.64 bits per heavy atom. The number of aliphatic hydroxyl groups excluding tert-OH is 3. The molecular formula is C22H22O11. The summed E-state index contributed by atoms with van der Waals surface area (Å²) in [7, 11) is 1.36. The van der Waals surface area contributed by atoms with Crippen LogP contribution in [0.5, 0.6) is 28.7 Å². The highest BCUT2D eigenvalue weighted by Gasteiger charge is 2.44. The van der Waals surface area contributed by atoms with E-state index in [0.29, 0.717) is 0 Å². The van der Waals surface area contributed by atoms with Crippen LogP contribution in [0.2, 0.25) is 0 Å². The average molecular weight is 462 g/mol. The molecule has 1 saturated heterocycles. The van der Waals surface area contributed by atoms with Gasteiger partial charge in [-0.05, 0) is 25.1 Å². The minimum Gasteiger partial charge on any atom is -0.507 e. The Labute approximate surface area is 186 Å². The molecule has 0 amide bonds. The lowest BCUT2D eigenvalue weighted by molar-refractivity contribution is -0.268. The van der Waals surface area contributed by atoms with Crippen molar-refractivity contribution in [1.29, 1.82) is 0 Å². The van der Waals surface area contributed by atoms with Crippen molar-refractivity contribution in [1.82, 2.24) is 0 Å². The molecule has 0 aliphatic carbocycles. The molecule has 1 aromatic heterocycles. The van der Waals surface area contributed by atoms with Crippen LogP contribution in [-0.4, -0.2) is 68.5 Å². The quantitative estimate of drug-likeness (QED) is 0.302. The number of rotatable bonds is 4. The van der Waals surface area contributed by atoms with E-state index in [1.165, 1.54) is 32.2 Å². The van der Waals surface area contributed by atoms with Crippen molar-refractivity contribution in [2.45, 2.75) is 37.6 Å². The summed E-state index contributed by atoms with van der Waals surface area (Å²) in [6.07, 6.45) is -7.26. The summed E-state index contributed by atoms with van der Waals surface area (Å²) in [6.45, 7) is 1.44. The lowest BCUT2D eigenvalue weighted by atomic mass is 10.00. The van der Waals surface area contributed by atoms with Crippen LogP contribution in [0, 0.1) is 0 Å². The molecule has 5 atom stereocenters. The normalized spacial score (nSPS) is 25.2. The molecule has 0 spiro atoms. The molecule has 6 N–H and O–H groups in total. The highest BCUT2D eigenvalue weighted by Crippen LogP contribution is 2.39. The summed E-state index contributed by atoms with van der Waals surface area (Å²) in [5.74, 6) is -1.91. The fourth-order valence-corrected chi connectivity index (χ4v) is 3.56. The zero-order valence-electron chi connectivity index (χ0n) is 17.5. The van der Waals surface area contributed by atoms with Crippen molar-refractivity contribution in [2.24, 2.45) is 0 Å². The number of aromatic hydroxyl groups is 3. The van der Waals surface area contributed by atoms with Gasteiger partial charge in [-0.15, -0.1) is 0 Å². The van der Waals surface area contributed by atoms with E-state index in [1.807, 2.05) is 0 Å². The van der Waals surface area contributed by atoms with Gasteiger partial charge in [-0.1, -0.05) is 0 Å². The van der Waals surface area contributed by atoms with Crippen LogP contribution in [-0.2, 0) is 4.74 Å². The van der Waals surface area contributed by atoms with Crippen LogP contribution in [0.3, 0.4) is 0 Å². The van der Waals surface area contributed by atoms with Gasteiger partial charge in [0.2, 0.25) is 17.5 Å². The van der Waals surface area contributed by atoms with Gasteiger partial charge in [0.1, 0.15) is 40.8 Å². The molecule has 176 valence electrons. The molecule has 3 aromatic rings. The third-order valence-electron chi connectivity index (χ3n) is 5.42. The Balaban J connectivity index is 1.93. The van der Waals surface area contributed by atoms with E-state index < -0.39 is 59.1 Å². The van der Waals surface area contributed by atoms with E-state index in [-0.39, 0.29) is 28.0 Å². The average Bonchev–Trinajstić information content (AvgIpc) is 2.78. The molecule has 4 rings (SSSR count). The van der Waals surface area contributed by atoms with Gasteiger partial charge in [0.05, 0.1) is 13.2 Å². The fourth-order valence-electron chi connectivity index (χ4n) is 3.56. The van der Waals surface area contributed by atoms with Gasteiger partial charge in [0, 0.05) is 17.7 Å². The third-order valence-corrected chi connectivity index (χ3v) is 5.42. The predicted octanol–water partition coefficient (Wildman–Crippen LogP) is 0.792. The van der Waals surface area contributed by atoms with Crippen molar-refractivity contribution in [2.75, 3.05) is 7.11 Å². The largest absolute Gasteiger partial charge is 0.507 e. The van der Waals surface area contributed by atoms with E-state index >= 15 is 0 Å². The Kier molecular flexibility index (Phi) is 5.80. The standard InChI is InChI=1S/C22H22O11/c1-8-16(26)18(28)19(29)22(31-8)33-21-17(27)15-13(25)6-10(30-2)7-14(15)32-20(21)9-3-4-11(23)12(24)5-9/h3-8,16,18-19,22-26,28-29H,1-2H3/t8-,16+,18-,19-,22+/m1/s1. The predicted molar refractivity (Wildman–Crippen MR) is 112 cm³/mol. The van der Waals surface area contributed by atoms with Gasteiger partial charge in [-0.2, -0.15) is 0 Å². The van der Waals surface area contributed by atoms with Crippen molar-refractivity contribution < 1.29 is 49.3 Å². The molecule has 1 aliphatic rings. The van der Waals surface area contributed by atoms with Gasteiger partial charge >= 0.3 is 0 Å². The molecule has 11 heteroatoms. The molecule has 0 unspecified atom stereocenters. The molecule has 2 aromatic carbocycles. The molecule has 2 heterocycles. The van der Waals surface area contributed by atoms with Crippen molar-refractivity contribution in [3.63, 3.8) is 0 Å². The van der Waals surface area contributed by atoms with E-state index in [2.05, 4.69) is 0 Å². The Hall–Kier alpha value is -3.51. The smallest absolute Gasteiger partial charge is 0.239 e. The molecule has 0 saturated carbocycles. The summed E-state index contributed by atoms with van der Waals surface area (Å²) >= 11 is 0. The van der Waals surface area contributed by atoms with Gasteiger partial charge in [-0.25, -0.2) is 0 Å². The number of aliphatic hydroxyl groups is 3. The second kappa shape index (κ2) is 8.45. The van der Waals surface area contributed by atoms with Gasteiger partial charge in [-0.3, -0.25) is 4.79 Å². The third kappa shape index (κ3) is 3.91. The van der Waals surface area contributed by atoms with Gasteiger partial charge < -0.3 is 49.3 Å². The minimum absolute atomic E-state index is 0.0688. The number of hydrogen-bond donors (Lipinski definition) is 6. The maximum absolute atomic E-state index is 13.4. The molecule has 1 fully saturated rings. The number of fused-ring (bicyclic) bond motifs is 1. The molecule has 33 heavy (non-hydrogen) atoms. The summed E-state index contributed by atoms with van der Waals surface area (Å²) in [6, 6.07) is 6.17. The molecule has 1 aliphatic heterocycles. The Bertz CT molecular complexity index is 1250. The monoisotopic (exact) mass is 462 g/mol. The minimum atomic E-state index is -1.73. The Morgan fingerprint density at radius 3 is 2.30 bits per heavy atom. The summed E-state index contributed by atoms with van der Waals surface area (Å²) in [5, 5.41) is 60.0. The first kappa shape index (κ1) is 22.7. The van der Waals surface area contributed by atoms with Crippen LogP contribution in [0.25, 0.3) is 22.3 Å². The highest BCUT2D eigenvalue weighted by molar-refractivity contribution is 5.88. The summed E-state index contributed by atoms with van der Waals surface area (Å²) in [5.41, 5.74) is -0.802. The number of hydrogen-bond acceptors (Lipinski definition) is 11. The molecular weight excluding hydrogens is 440 g/mol. The Morgan fingerprint density at radius 1 is 0.909 bits per heavy atom. The van der Waals surface area contributed by atoms with E-state index in [4.69, 9.17) is 18.6 Å². The number of methoxy groups -OCH3 is 1. The lowest BCUT2D eigenvalue weighted by Gasteiger charge is -2.38. The number of ether oxygens (including phenoxy) is 3. The van der Waals surface area contributed by atoms with Crippen LogP contribution in [0.4, 0.5) is 0 Å². The van der Waals surface area contributed by atoms with Crippen LogP contribution in [0.1, 0.15) is 6.92 Å². The topological polar surface area (TPSA) is 179 Å². The van der Waals surface area contributed by atoms with E-state index in [9.17, 15) is 35.4 Å².